The van der Waals surface area contributed by atoms with Gasteiger partial charge >= 0.3 is 0 Å². The van der Waals surface area contributed by atoms with Crippen LogP contribution < -0.4 is 4.74 Å². The quantitative estimate of drug-likeness (QED) is 0.723. The Bertz CT molecular complexity index is 721. The number of likely N-dealkylation sites (tertiary alicyclic amines) is 1. The largest absolute Gasteiger partial charge is 0.490 e. The van der Waals surface area contributed by atoms with E-state index < -0.39 is 5.82 Å². The van der Waals surface area contributed by atoms with Crippen LogP contribution in [0.3, 0.4) is 0 Å². The third kappa shape index (κ3) is 4.33. The van der Waals surface area contributed by atoms with E-state index in [-0.39, 0.29) is 24.2 Å². The minimum atomic E-state index is -0.406. The van der Waals surface area contributed by atoms with Gasteiger partial charge < -0.3 is 18.9 Å². The molecule has 3 rings (SSSR count). The third-order valence-electron chi connectivity index (χ3n) is 4.03. The summed E-state index contributed by atoms with van der Waals surface area (Å²) >= 11 is 0. The van der Waals surface area contributed by atoms with E-state index in [4.69, 9.17) is 14.0 Å². The summed E-state index contributed by atoms with van der Waals surface area (Å²) in [5, 5.41) is 3.91. The van der Waals surface area contributed by atoms with E-state index in [9.17, 15) is 9.18 Å². The first-order valence-corrected chi connectivity index (χ1v) is 8.14. The van der Waals surface area contributed by atoms with Gasteiger partial charge in [0.05, 0.1) is 19.1 Å². The molecule has 1 saturated heterocycles. The summed E-state index contributed by atoms with van der Waals surface area (Å²) in [6.07, 6.45) is 0.753. The summed E-state index contributed by atoms with van der Waals surface area (Å²) in [6, 6.07) is 6.22. The van der Waals surface area contributed by atoms with E-state index in [1.54, 1.807) is 30.2 Å². The molecule has 1 aliphatic rings. The summed E-state index contributed by atoms with van der Waals surface area (Å²) in [6.45, 7) is 1.85. The van der Waals surface area contributed by atoms with Crippen LogP contribution in [0.5, 0.6) is 5.75 Å². The minimum absolute atomic E-state index is 0.0599. The molecule has 134 valence electrons. The van der Waals surface area contributed by atoms with Gasteiger partial charge in [-0.1, -0.05) is 17.3 Å². The average molecular weight is 349 g/mol. The molecule has 2 aromatic rings. The standard InChI is InChI=1S/C17H20FN3O4/c1-23-9-7-21-11-12(10-16(21)22)17-19-15(20-25-17)6-8-24-14-5-3-2-4-13(14)18/h2-5,12H,6-11H2,1H3. The highest BCUT2D eigenvalue weighted by atomic mass is 19.1. The monoisotopic (exact) mass is 349 g/mol. The van der Waals surface area contributed by atoms with Crippen LogP contribution in [-0.4, -0.2) is 54.4 Å². The molecule has 0 saturated carbocycles. The number of rotatable bonds is 8. The number of aromatic nitrogens is 2. The molecule has 1 aliphatic heterocycles. The highest BCUT2D eigenvalue weighted by Crippen LogP contribution is 2.26. The maximum Gasteiger partial charge on any atom is 0.232 e. The second kappa shape index (κ2) is 8.06. The van der Waals surface area contributed by atoms with E-state index in [0.717, 1.165) is 0 Å². The molecule has 1 unspecified atom stereocenters. The average Bonchev–Trinajstić information content (AvgIpc) is 3.21. The maximum atomic E-state index is 13.5. The molecule has 1 fully saturated rings. The number of methoxy groups -OCH3 is 1. The first-order chi connectivity index (χ1) is 12.2. The molecule has 2 heterocycles. The van der Waals surface area contributed by atoms with Crippen molar-refractivity contribution in [2.24, 2.45) is 0 Å². The maximum absolute atomic E-state index is 13.5. The van der Waals surface area contributed by atoms with Gasteiger partial charge in [0, 0.05) is 33.0 Å². The molecule has 0 N–H and O–H groups in total. The van der Waals surface area contributed by atoms with Gasteiger partial charge in [-0.3, -0.25) is 4.79 Å². The van der Waals surface area contributed by atoms with Gasteiger partial charge in [-0.05, 0) is 12.1 Å². The molecule has 0 spiro atoms. The molecular weight excluding hydrogens is 329 g/mol. The van der Waals surface area contributed by atoms with Gasteiger partial charge in [0.1, 0.15) is 0 Å². The number of hydrogen-bond donors (Lipinski definition) is 0. The van der Waals surface area contributed by atoms with Crippen LogP contribution in [0.15, 0.2) is 28.8 Å². The Hall–Kier alpha value is -2.48. The fourth-order valence-electron chi connectivity index (χ4n) is 2.70. The smallest absolute Gasteiger partial charge is 0.232 e. The minimum Gasteiger partial charge on any atom is -0.490 e. The van der Waals surface area contributed by atoms with E-state index in [1.165, 1.54) is 6.07 Å². The molecular formula is C17H20FN3O4. The lowest BCUT2D eigenvalue weighted by molar-refractivity contribution is -0.128. The Morgan fingerprint density at radius 2 is 2.20 bits per heavy atom. The van der Waals surface area contributed by atoms with Crippen molar-refractivity contribution in [3.63, 3.8) is 0 Å². The van der Waals surface area contributed by atoms with Crippen molar-refractivity contribution in [2.75, 3.05) is 33.4 Å². The first kappa shape index (κ1) is 17.3. The van der Waals surface area contributed by atoms with Crippen molar-refractivity contribution >= 4 is 5.91 Å². The zero-order valence-electron chi connectivity index (χ0n) is 14.0. The Kier molecular flexibility index (Phi) is 5.60. The molecule has 1 amide bonds. The summed E-state index contributed by atoms with van der Waals surface area (Å²) in [4.78, 5) is 18.0. The molecule has 1 aromatic heterocycles. The fraction of sp³-hybridized carbons (Fsp3) is 0.471. The predicted molar refractivity (Wildman–Crippen MR) is 85.7 cm³/mol. The van der Waals surface area contributed by atoms with Crippen LogP contribution in [0, 0.1) is 5.82 Å². The Morgan fingerprint density at radius 3 is 3.00 bits per heavy atom. The molecule has 1 atom stereocenters. The lowest BCUT2D eigenvalue weighted by Gasteiger charge is -2.14. The number of benzene rings is 1. The van der Waals surface area contributed by atoms with Gasteiger partial charge in [0.2, 0.25) is 11.8 Å². The Morgan fingerprint density at radius 1 is 1.36 bits per heavy atom. The first-order valence-electron chi connectivity index (χ1n) is 8.14. The zero-order chi connectivity index (χ0) is 17.6. The van der Waals surface area contributed by atoms with Crippen molar-refractivity contribution in [3.05, 3.63) is 41.8 Å². The van der Waals surface area contributed by atoms with E-state index in [0.29, 0.717) is 44.3 Å². The highest BCUT2D eigenvalue weighted by molar-refractivity contribution is 5.79. The second-order valence-corrected chi connectivity index (χ2v) is 5.81. The molecule has 0 bridgehead atoms. The number of carbonyl (C=O) groups is 1. The molecule has 25 heavy (non-hydrogen) atoms. The second-order valence-electron chi connectivity index (χ2n) is 5.81. The lowest BCUT2D eigenvalue weighted by atomic mass is 10.1. The van der Waals surface area contributed by atoms with Crippen LogP contribution in [-0.2, 0) is 16.0 Å². The van der Waals surface area contributed by atoms with E-state index in [2.05, 4.69) is 10.1 Å². The SMILES string of the molecule is COCCN1CC(c2nc(CCOc3ccccc3F)no2)CC1=O. The third-order valence-corrected chi connectivity index (χ3v) is 4.03. The van der Waals surface area contributed by atoms with Crippen LogP contribution in [0.4, 0.5) is 4.39 Å². The number of ether oxygens (including phenoxy) is 2. The van der Waals surface area contributed by atoms with Crippen molar-refractivity contribution in [2.45, 2.75) is 18.8 Å². The van der Waals surface area contributed by atoms with Gasteiger partial charge in [0.15, 0.2) is 17.4 Å². The Balaban J connectivity index is 1.51. The zero-order valence-corrected chi connectivity index (χ0v) is 14.0. The normalized spacial score (nSPS) is 17.3. The number of amides is 1. The summed E-state index contributed by atoms with van der Waals surface area (Å²) in [5.41, 5.74) is 0. The summed E-state index contributed by atoms with van der Waals surface area (Å²) < 4.78 is 29.1. The number of para-hydroxylation sites is 1. The van der Waals surface area contributed by atoms with Crippen molar-refractivity contribution in [1.29, 1.82) is 0 Å². The Labute approximate surface area is 144 Å². The molecule has 7 nitrogen and oxygen atoms in total. The highest BCUT2D eigenvalue weighted by Gasteiger charge is 2.33. The van der Waals surface area contributed by atoms with Crippen molar-refractivity contribution in [1.82, 2.24) is 15.0 Å². The van der Waals surface area contributed by atoms with Gasteiger partial charge in [-0.15, -0.1) is 0 Å². The predicted octanol–water partition coefficient (Wildman–Crippen LogP) is 1.79. The van der Waals surface area contributed by atoms with Crippen LogP contribution >= 0.6 is 0 Å². The molecule has 1 aromatic carbocycles. The van der Waals surface area contributed by atoms with E-state index >= 15 is 0 Å². The van der Waals surface area contributed by atoms with Crippen LogP contribution in [0.2, 0.25) is 0 Å². The molecule has 8 heteroatoms. The van der Waals surface area contributed by atoms with Crippen molar-refractivity contribution < 1.29 is 23.2 Å². The van der Waals surface area contributed by atoms with Gasteiger partial charge in [-0.2, -0.15) is 4.98 Å². The summed E-state index contributed by atoms with van der Waals surface area (Å²) in [7, 11) is 1.60. The van der Waals surface area contributed by atoms with Crippen LogP contribution in [0.1, 0.15) is 24.1 Å². The van der Waals surface area contributed by atoms with Gasteiger partial charge in [-0.25, -0.2) is 4.39 Å². The van der Waals surface area contributed by atoms with E-state index in [1.807, 2.05) is 0 Å². The number of halogens is 1. The molecule has 0 radical (unpaired) electrons. The topological polar surface area (TPSA) is 77.7 Å². The lowest BCUT2D eigenvalue weighted by Crippen LogP contribution is -2.28. The fourth-order valence-corrected chi connectivity index (χ4v) is 2.70. The molecule has 0 aliphatic carbocycles. The summed E-state index contributed by atoms with van der Waals surface area (Å²) in [5.74, 6) is 0.685. The van der Waals surface area contributed by atoms with Gasteiger partial charge in [0.25, 0.3) is 0 Å². The van der Waals surface area contributed by atoms with Crippen LogP contribution in [0.25, 0.3) is 0 Å². The number of nitrogens with zero attached hydrogens (tertiary/aromatic N) is 3. The number of carbonyl (C=O) groups excluding carboxylic acids is 1. The van der Waals surface area contributed by atoms with Crippen molar-refractivity contribution in [3.8, 4) is 5.75 Å². The number of hydrogen-bond acceptors (Lipinski definition) is 6.